The van der Waals surface area contributed by atoms with Gasteiger partial charge in [0.2, 0.25) is 0 Å². The fourth-order valence-corrected chi connectivity index (χ4v) is 4.91. The Labute approximate surface area is 189 Å². The van der Waals surface area contributed by atoms with Gasteiger partial charge < -0.3 is 15.0 Å². The van der Waals surface area contributed by atoms with Crippen LogP contribution in [0.25, 0.3) is 10.2 Å². The van der Waals surface area contributed by atoms with Gasteiger partial charge in [0.05, 0.1) is 16.7 Å². The number of nitrogens with one attached hydrogen (secondary N) is 1. The molecule has 1 aliphatic heterocycles. The van der Waals surface area contributed by atoms with Gasteiger partial charge in [0.25, 0.3) is 11.6 Å². The summed E-state index contributed by atoms with van der Waals surface area (Å²) < 4.78 is 6.61. The second-order valence-electron chi connectivity index (χ2n) is 7.62. The number of fused-ring (bicyclic) bond motifs is 1. The van der Waals surface area contributed by atoms with E-state index in [0.717, 1.165) is 47.3 Å². The summed E-state index contributed by atoms with van der Waals surface area (Å²) in [6.45, 7) is 6.61. The number of anilines is 1. The van der Waals surface area contributed by atoms with Crippen LogP contribution >= 0.6 is 11.3 Å². The molecule has 4 rings (SSSR count). The van der Waals surface area contributed by atoms with Crippen molar-refractivity contribution in [3.8, 4) is 5.75 Å². The highest BCUT2D eigenvalue weighted by Gasteiger charge is 2.22. The van der Waals surface area contributed by atoms with Gasteiger partial charge >= 0.3 is 0 Å². The van der Waals surface area contributed by atoms with Crippen molar-refractivity contribution in [2.24, 2.45) is 0 Å². The lowest BCUT2D eigenvalue weighted by atomic mass is 10.1. The predicted octanol–water partition coefficient (Wildman–Crippen LogP) is 3.07. The van der Waals surface area contributed by atoms with E-state index in [0.29, 0.717) is 13.1 Å². The molecule has 2 aromatic carbocycles. The molecule has 3 aromatic rings. The first-order chi connectivity index (χ1) is 15.5. The number of carbonyl (C=O) groups is 1. The monoisotopic (exact) mass is 455 g/mol. The van der Waals surface area contributed by atoms with Gasteiger partial charge in [-0.15, -0.1) is 0 Å². The number of carbonyl (C=O) groups excluding carboxylic acids is 1. The largest absolute Gasteiger partial charge is 0.494 e. The number of aromatic nitrogens is 1. The molecular weight excluding hydrogens is 430 g/mol. The second kappa shape index (κ2) is 9.49. The number of thiazole rings is 1. The van der Waals surface area contributed by atoms with E-state index in [9.17, 15) is 14.9 Å². The fourth-order valence-electron chi connectivity index (χ4n) is 3.81. The minimum atomic E-state index is -0.534. The zero-order chi connectivity index (χ0) is 22.7. The molecular formula is C22H25N5O4S. The number of nitrogens with zero attached hydrogens (tertiary/aromatic N) is 4. The molecule has 9 nitrogen and oxygen atoms in total. The maximum atomic E-state index is 12.4. The van der Waals surface area contributed by atoms with Crippen LogP contribution in [-0.4, -0.2) is 67.1 Å². The summed E-state index contributed by atoms with van der Waals surface area (Å²) in [6, 6.07) is 10.0. The number of aryl methyl sites for hydroxylation is 1. The zero-order valence-electron chi connectivity index (χ0n) is 18.0. The summed E-state index contributed by atoms with van der Waals surface area (Å²) in [6.07, 6.45) is 0. The summed E-state index contributed by atoms with van der Waals surface area (Å²) in [5, 5.41) is 14.9. The Hall–Kier alpha value is -3.24. The average molecular weight is 456 g/mol. The molecule has 1 saturated heterocycles. The van der Waals surface area contributed by atoms with Crippen molar-refractivity contribution in [2.75, 3.05) is 51.3 Å². The number of ether oxygens (including phenoxy) is 1. The van der Waals surface area contributed by atoms with E-state index >= 15 is 0 Å². The van der Waals surface area contributed by atoms with Crippen LogP contribution in [0.15, 0.2) is 36.4 Å². The third-order valence-electron chi connectivity index (χ3n) is 5.61. The summed E-state index contributed by atoms with van der Waals surface area (Å²) in [5.74, 6) is 0.371. The molecule has 1 aromatic heterocycles. The number of para-hydroxylation sites is 1. The van der Waals surface area contributed by atoms with E-state index in [1.807, 2.05) is 6.07 Å². The van der Waals surface area contributed by atoms with Gasteiger partial charge in [0, 0.05) is 45.3 Å². The van der Waals surface area contributed by atoms with E-state index in [1.165, 1.54) is 17.7 Å². The van der Waals surface area contributed by atoms with Crippen LogP contribution in [0.4, 0.5) is 10.8 Å². The number of nitro groups is 1. The van der Waals surface area contributed by atoms with Crippen LogP contribution in [-0.2, 0) is 0 Å². The molecule has 32 heavy (non-hydrogen) atoms. The van der Waals surface area contributed by atoms with Gasteiger partial charge in [-0.3, -0.25) is 19.8 Å². The van der Waals surface area contributed by atoms with Crippen LogP contribution in [0, 0.1) is 17.0 Å². The van der Waals surface area contributed by atoms with E-state index < -0.39 is 10.8 Å². The van der Waals surface area contributed by atoms with Crippen LogP contribution in [0.5, 0.6) is 5.75 Å². The summed E-state index contributed by atoms with van der Waals surface area (Å²) in [7, 11) is 1.66. The molecule has 0 radical (unpaired) electrons. The normalized spacial score (nSPS) is 14.5. The Morgan fingerprint density at radius 2 is 1.97 bits per heavy atom. The number of amides is 1. The molecule has 0 atom stereocenters. The molecule has 1 aliphatic rings. The number of rotatable bonds is 7. The van der Waals surface area contributed by atoms with Crippen molar-refractivity contribution in [1.29, 1.82) is 0 Å². The van der Waals surface area contributed by atoms with Gasteiger partial charge in [-0.1, -0.05) is 29.5 Å². The molecule has 168 valence electrons. The van der Waals surface area contributed by atoms with Crippen molar-refractivity contribution in [1.82, 2.24) is 15.2 Å². The van der Waals surface area contributed by atoms with E-state index in [4.69, 9.17) is 9.72 Å². The zero-order valence-corrected chi connectivity index (χ0v) is 18.9. The highest BCUT2D eigenvalue weighted by atomic mass is 32.1. The van der Waals surface area contributed by atoms with Crippen LogP contribution in [0.3, 0.4) is 0 Å². The molecule has 0 aliphatic carbocycles. The second-order valence-corrected chi connectivity index (χ2v) is 8.60. The third-order valence-corrected chi connectivity index (χ3v) is 6.87. The van der Waals surface area contributed by atoms with Crippen molar-refractivity contribution in [3.63, 3.8) is 0 Å². The first-order valence-corrected chi connectivity index (χ1v) is 11.2. The van der Waals surface area contributed by atoms with E-state index in [1.54, 1.807) is 30.6 Å². The fraction of sp³-hybridized carbons (Fsp3) is 0.364. The van der Waals surface area contributed by atoms with Crippen LogP contribution in [0.1, 0.15) is 15.9 Å². The maximum absolute atomic E-state index is 12.4. The molecule has 1 N–H and O–H groups in total. The Bertz CT molecular complexity index is 1140. The third kappa shape index (κ3) is 4.51. The Kier molecular flexibility index (Phi) is 6.52. The summed E-state index contributed by atoms with van der Waals surface area (Å²) in [4.78, 5) is 32.3. The Morgan fingerprint density at radius 3 is 2.69 bits per heavy atom. The van der Waals surface area contributed by atoms with Gasteiger partial charge in [0.1, 0.15) is 16.8 Å². The Balaban J connectivity index is 1.30. The first kappa shape index (κ1) is 22.0. The number of piperazine rings is 1. The van der Waals surface area contributed by atoms with Crippen molar-refractivity contribution < 1.29 is 14.5 Å². The molecule has 0 unspecified atom stereocenters. The minimum Gasteiger partial charge on any atom is -0.494 e. The molecule has 0 saturated carbocycles. The van der Waals surface area contributed by atoms with Crippen molar-refractivity contribution in [3.05, 3.63) is 57.6 Å². The number of hydrogen-bond acceptors (Lipinski definition) is 8. The predicted molar refractivity (Wildman–Crippen MR) is 125 cm³/mol. The van der Waals surface area contributed by atoms with Crippen LogP contribution in [0.2, 0.25) is 0 Å². The number of hydrogen-bond donors (Lipinski definition) is 1. The molecule has 10 heteroatoms. The quantitative estimate of drug-likeness (QED) is 0.432. The maximum Gasteiger partial charge on any atom is 0.282 e. The SMILES string of the molecule is COc1ccc(C)c2sc(N3CCN(CCNC(=O)c4ccccc4[N+](=O)[O-])CC3)nc12. The van der Waals surface area contributed by atoms with E-state index in [2.05, 4.69) is 28.1 Å². The molecule has 2 heterocycles. The first-order valence-electron chi connectivity index (χ1n) is 10.4. The topological polar surface area (TPSA) is 101 Å². The van der Waals surface area contributed by atoms with Crippen LogP contribution < -0.4 is 15.0 Å². The molecule has 0 spiro atoms. The lowest BCUT2D eigenvalue weighted by Crippen LogP contribution is -2.48. The lowest BCUT2D eigenvalue weighted by Gasteiger charge is -2.34. The Morgan fingerprint density at radius 1 is 1.22 bits per heavy atom. The minimum absolute atomic E-state index is 0.0869. The lowest BCUT2D eigenvalue weighted by molar-refractivity contribution is -0.385. The molecule has 1 fully saturated rings. The van der Waals surface area contributed by atoms with E-state index in [-0.39, 0.29) is 11.3 Å². The van der Waals surface area contributed by atoms with Gasteiger partial charge in [-0.05, 0) is 24.6 Å². The number of methoxy groups -OCH3 is 1. The highest BCUT2D eigenvalue weighted by Crippen LogP contribution is 2.36. The van der Waals surface area contributed by atoms with Gasteiger partial charge in [-0.2, -0.15) is 0 Å². The molecule has 0 bridgehead atoms. The van der Waals surface area contributed by atoms with Crippen molar-refractivity contribution >= 4 is 38.3 Å². The van der Waals surface area contributed by atoms with Gasteiger partial charge in [-0.25, -0.2) is 4.98 Å². The summed E-state index contributed by atoms with van der Waals surface area (Å²) >= 11 is 1.69. The highest BCUT2D eigenvalue weighted by molar-refractivity contribution is 7.22. The number of nitro benzene ring substituents is 1. The van der Waals surface area contributed by atoms with Crippen molar-refractivity contribution in [2.45, 2.75) is 6.92 Å². The smallest absolute Gasteiger partial charge is 0.282 e. The number of benzene rings is 2. The average Bonchev–Trinajstić information content (AvgIpc) is 3.26. The molecule has 1 amide bonds. The summed E-state index contributed by atoms with van der Waals surface area (Å²) in [5.41, 5.74) is 2.01. The van der Waals surface area contributed by atoms with Gasteiger partial charge in [0.15, 0.2) is 5.13 Å². The standard InChI is InChI=1S/C22H25N5O4S/c1-15-7-8-18(31-2)19-20(15)32-22(24-19)26-13-11-25(12-14-26)10-9-23-21(28)16-5-3-4-6-17(16)27(29)30/h3-8H,9-14H2,1-2H3,(H,23,28).